The number of rotatable bonds is 3. The Morgan fingerprint density at radius 1 is 1.39 bits per heavy atom. The van der Waals surface area contributed by atoms with E-state index in [9.17, 15) is 0 Å². The Hall–Kier alpha value is -1.09. The van der Waals surface area contributed by atoms with Crippen LogP contribution >= 0.6 is 0 Å². The molecule has 2 rings (SSSR count). The predicted octanol–water partition coefficient (Wildman–Crippen LogP) is 2.67. The van der Waals surface area contributed by atoms with E-state index in [0.29, 0.717) is 5.41 Å². The van der Waals surface area contributed by atoms with Crippen molar-refractivity contribution in [3.05, 3.63) is 23.9 Å². The van der Waals surface area contributed by atoms with Gasteiger partial charge in [0.05, 0.1) is 5.69 Å². The molecule has 3 nitrogen and oxygen atoms in total. The van der Waals surface area contributed by atoms with Gasteiger partial charge < -0.3 is 10.2 Å². The third-order valence-electron chi connectivity index (χ3n) is 3.89. The highest BCUT2D eigenvalue weighted by Gasteiger charge is 2.32. The van der Waals surface area contributed by atoms with E-state index in [1.807, 2.05) is 7.05 Å². The first-order valence-corrected chi connectivity index (χ1v) is 6.86. The third-order valence-corrected chi connectivity index (χ3v) is 3.89. The van der Waals surface area contributed by atoms with Crippen LogP contribution in [-0.2, 0) is 6.54 Å². The minimum atomic E-state index is 0.400. The van der Waals surface area contributed by atoms with Gasteiger partial charge in [-0.1, -0.05) is 26.8 Å². The summed E-state index contributed by atoms with van der Waals surface area (Å²) in [5, 5.41) is 3.15. The van der Waals surface area contributed by atoms with Gasteiger partial charge in [0.1, 0.15) is 5.82 Å². The molecule has 1 atom stereocenters. The topological polar surface area (TPSA) is 28.2 Å². The molecule has 1 N–H and O–H groups in total. The van der Waals surface area contributed by atoms with Crippen LogP contribution in [0.1, 0.15) is 32.9 Å². The first-order chi connectivity index (χ1) is 8.50. The molecule has 0 radical (unpaired) electrons. The molecule has 1 aromatic rings. The van der Waals surface area contributed by atoms with E-state index in [0.717, 1.165) is 37.1 Å². The third kappa shape index (κ3) is 3.02. The first-order valence-electron chi connectivity index (χ1n) is 6.86. The van der Waals surface area contributed by atoms with Gasteiger partial charge in [0.25, 0.3) is 0 Å². The van der Waals surface area contributed by atoms with Gasteiger partial charge in [-0.2, -0.15) is 0 Å². The van der Waals surface area contributed by atoms with Crippen molar-refractivity contribution in [2.45, 2.75) is 33.7 Å². The minimum absolute atomic E-state index is 0.400. The Kier molecular flexibility index (Phi) is 3.91. The second kappa shape index (κ2) is 5.27. The van der Waals surface area contributed by atoms with Gasteiger partial charge >= 0.3 is 0 Å². The van der Waals surface area contributed by atoms with Crippen LogP contribution in [0, 0.1) is 11.3 Å². The van der Waals surface area contributed by atoms with Gasteiger partial charge in [0.2, 0.25) is 0 Å². The van der Waals surface area contributed by atoms with Gasteiger partial charge in [0.15, 0.2) is 0 Å². The number of pyridine rings is 1. The van der Waals surface area contributed by atoms with Crippen LogP contribution in [0.25, 0.3) is 0 Å². The summed E-state index contributed by atoms with van der Waals surface area (Å²) in [6, 6.07) is 6.32. The van der Waals surface area contributed by atoms with Crippen molar-refractivity contribution in [2.75, 3.05) is 25.0 Å². The molecule has 0 spiro atoms. The molecule has 1 unspecified atom stereocenters. The normalized spacial score (nSPS) is 20.4. The Morgan fingerprint density at radius 3 is 2.78 bits per heavy atom. The van der Waals surface area contributed by atoms with E-state index in [1.54, 1.807) is 0 Å². The molecule has 3 heteroatoms. The number of anilines is 1. The van der Waals surface area contributed by atoms with Crippen molar-refractivity contribution in [2.24, 2.45) is 11.3 Å². The average Bonchev–Trinajstić information content (AvgIpc) is 2.78. The van der Waals surface area contributed by atoms with E-state index in [2.05, 4.69) is 49.2 Å². The summed E-state index contributed by atoms with van der Waals surface area (Å²) in [5.41, 5.74) is 1.52. The highest BCUT2D eigenvalue weighted by molar-refractivity contribution is 5.40. The fraction of sp³-hybridized carbons (Fsp3) is 0.667. The molecule has 0 bridgehead atoms. The molecular weight excluding hydrogens is 222 g/mol. The molecule has 0 aliphatic carbocycles. The summed E-state index contributed by atoms with van der Waals surface area (Å²) in [5.74, 6) is 1.90. The minimum Gasteiger partial charge on any atom is -0.356 e. The Balaban J connectivity index is 2.07. The number of nitrogens with one attached hydrogen (secondary N) is 1. The molecule has 0 saturated carbocycles. The van der Waals surface area contributed by atoms with Crippen molar-refractivity contribution in [3.63, 3.8) is 0 Å². The van der Waals surface area contributed by atoms with Gasteiger partial charge in [0, 0.05) is 19.6 Å². The number of hydrogen-bond donors (Lipinski definition) is 1. The zero-order valence-electron chi connectivity index (χ0n) is 12.0. The number of aromatic nitrogens is 1. The molecule has 1 aliphatic heterocycles. The highest BCUT2D eigenvalue weighted by atomic mass is 15.2. The summed E-state index contributed by atoms with van der Waals surface area (Å²) in [7, 11) is 1.96. The lowest BCUT2D eigenvalue weighted by atomic mass is 9.80. The fourth-order valence-electron chi connectivity index (χ4n) is 2.60. The maximum atomic E-state index is 4.72. The zero-order valence-corrected chi connectivity index (χ0v) is 12.0. The summed E-state index contributed by atoms with van der Waals surface area (Å²) in [6.07, 6.45) is 1.28. The SMILES string of the molecule is CNCc1cccc(N2CCC(C(C)(C)C)C2)n1. The molecule has 0 aromatic carbocycles. The quantitative estimate of drug-likeness (QED) is 0.890. The van der Waals surface area contributed by atoms with Gasteiger partial charge in [-0.25, -0.2) is 4.98 Å². The summed E-state index contributed by atoms with van der Waals surface area (Å²) < 4.78 is 0. The predicted molar refractivity (Wildman–Crippen MR) is 76.8 cm³/mol. The van der Waals surface area contributed by atoms with Crippen molar-refractivity contribution in [1.82, 2.24) is 10.3 Å². The molecule has 18 heavy (non-hydrogen) atoms. The smallest absolute Gasteiger partial charge is 0.128 e. The molecule has 2 heterocycles. The maximum absolute atomic E-state index is 4.72. The lowest BCUT2D eigenvalue weighted by molar-refractivity contribution is 0.263. The van der Waals surface area contributed by atoms with E-state index >= 15 is 0 Å². The second-order valence-electron chi connectivity index (χ2n) is 6.32. The van der Waals surface area contributed by atoms with Crippen LogP contribution in [0.5, 0.6) is 0 Å². The molecule has 1 aromatic heterocycles. The van der Waals surface area contributed by atoms with Gasteiger partial charge in [-0.3, -0.25) is 0 Å². The van der Waals surface area contributed by atoms with Gasteiger partial charge in [-0.05, 0) is 36.9 Å². The summed E-state index contributed by atoms with van der Waals surface area (Å²) >= 11 is 0. The van der Waals surface area contributed by atoms with Crippen LogP contribution in [-0.4, -0.2) is 25.1 Å². The zero-order chi connectivity index (χ0) is 13.2. The standard InChI is InChI=1S/C15H25N3/c1-15(2,3)12-8-9-18(11-12)14-7-5-6-13(17-14)10-16-4/h5-7,12,16H,8-11H2,1-4H3. The van der Waals surface area contributed by atoms with Crippen LogP contribution in [0.4, 0.5) is 5.82 Å². The molecule has 100 valence electrons. The monoisotopic (exact) mass is 247 g/mol. The fourth-order valence-corrected chi connectivity index (χ4v) is 2.60. The van der Waals surface area contributed by atoms with E-state index < -0.39 is 0 Å². The highest BCUT2D eigenvalue weighted by Crippen LogP contribution is 2.35. The van der Waals surface area contributed by atoms with Crippen LogP contribution in [0.15, 0.2) is 18.2 Å². The maximum Gasteiger partial charge on any atom is 0.128 e. The molecule has 1 fully saturated rings. The van der Waals surface area contributed by atoms with E-state index in [4.69, 9.17) is 4.98 Å². The molecule has 1 aliphatic rings. The Morgan fingerprint density at radius 2 is 2.17 bits per heavy atom. The van der Waals surface area contributed by atoms with Crippen molar-refractivity contribution in [1.29, 1.82) is 0 Å². The number of hydrogen-bond acceptors (Lipinski definition) is 3. The first kappa shape index (κ1) is 13.3. The van der Waals surface area contributed by atoms with E-state index in [-0.39, 0.29) is 0 Å². The van der Waals surface area contributed by atoms with E-state index in [1.165, 1.54) is 6.42 Å². The molecule has 1 saturated heterocycles. The van der Waals surface area contributed by atoms with Gasteiger partial charge in [-0.15, -0.1) is 0 Å². The Bertz CT molecular complexity index is 395. The summed E-state index contributed by atoms with van der Waals surface area (Å²) in [4.78, 5) is 7.15. The number of nitrogens with zero attached hydrogens (tertiary/aromatic N) is 2. The van der Waals surface area contributed by atoms with Crippen molar-refractivity contribution in [3.8, 4) is 0 Å². The van der Waals surface area contributed by atoms with Crippen LogP contribution < -0.4 is 10.2 Å². The summed E-state index contributed by atoms with van der Waals surface area (Å²) in [6.45, 7) is 10.1. The molecule has 0 amide bonds. The van der Waals surface area contributed by atoms with Crippen LogP contribution in [0.2, 0.25) is 0 Å². The lowest BCUT2D eigenvalue weighted by Crippen LogP contribution is -2.26. The van der Waals surface area contributed by atoms with Crippen LogP contribution in [0.3, 0.4) is 0 Å². The average molecular weight is 247 g/mol. The second-order valence-corrected chi connectivity index (χ2v) is 6.32. The Labute approximate surface area is 111 Å². The lowest BCUT2D eigenvalue weighted by Gasteiger charge is -2.27. The molecular formula is C15H25N3. The largest absolute Gasteiger partial charge is 0.356 e. The van der Waals surface area contributed by atoms with Crippen molar-refractivity contribution < 1.29 is 0 Å². The van der Waals surface area contributed by atoms with Crippen molar-refractivity contribution >= 4 is 5.82 Å².